The summed E-state index contributed by atoms with van der Waals surface area (Å²) in [5.74, 6) is 1.28. The molecule has 138 valence electrons. The Balaban J connectivity index is 1.45. The lowest BCUT2D eigenvalue weighted by atomic mass is 10.1. The summed E-state index contributed by atoms with van der Waals surface area (Å²) in [5, 5.41) is 11.0. The summed E-state index contributed by atoms with van der Waals surface area (Å²) in [6.45, 7) is 1.05. The van der Waals surface area contributed by atoms with Crippen molar-refractivity contribution in [2.45, 2.75) is 6.42 Å². The fourth-order valence-corrected chi connectivity index (χ4v) is 3.08. The zero-order chi connectivity index (χ0) is 18.8. The van der Waals surface area contributed by atoms with Crippen molar-refractivity contribution in [3.05, 3.63) is 63.5 Å². The molecule has 0 saturated heterocycles. The zero-order valence-electron chi connectivity index (χ0n) is 13.9. The predicted molar refractivity (Wildman–Crippen MR) is 99.0 cm³/mol. The van der Waals surface area contributed by atoms with Crippen molar-refractivity contribution >= 4 is 35.1 Å². The quantitative estimate of drug-likeness (QED) is 0.705. The van der Waals surface area contributed by atoms with Crippen molar-refractivity contribution in [1.29, 1.82) is 0 Å². The van der Waals surface area contributed by atoms with E-state index in [0.29, 0.717) is 42.0 Å². The number of benzene rings is 2. The van der Waals surface area contributed by atoms with Crippen LogP contribution in [-0.4, -0.2) is 29.3 Å². The van der Waals surface area contributed by atoms with Crippen molar-refractivity contribution in [2.75, 3.05) is 18.5 Å². The maximum absolute atomic E-state index is 12.3. The number of hydrogen-bond acceptors (Lipinski definition) is 6. The molecular weight excluding hydrogens is 393 g/mol. The highest BCUT2D eigenvalue weighted by Crippen LogP contribution is 2.31. The molecule has 1 aliphatic heterocycles. The third kappa shape index (κ3) is 3.99. The molecule has 27 heavy (non-hydrogen) atoms. The van der Waals surface area contributed by atoms with Crippen molar-refractivity contribution in [3.63, 3.8) is 0 Å². The second-order valence-corrected chi connectivity index (χ2v) is 6.58. The highest BCUT2D eigenvalue weighted by Gasteiger charge is 2.16. The van der Waals surface area contributed by atoms with E-state index in [1.807, 2.05) is 18.2 Å². The number of ether oxygens (including phenoxy) is 2. The molecule has 0 unspecified atom stereocenters. The zero-order valence-corrected chi connectivity index (χ0v) is 15.4. The molecule has 1 aromatic heterocycles. The minimum absolute atomic E-state index is 0.0152. The van der Waals surface area contributed by atoms with Crippen LogP contribution in [-0.2, 0) is 6.42 Å². The molecule has 3 aromatic rings. The molecule has 0 saturated carbocycles. The molecule has 2 heterocycles. The highest BCUT2D eigenvalue weighted by molar-refractivity contribution is 6.37. The second kappa shape index (κ2) is 7.46. The summed E-state index contributed by atoms with van der Waals surface area (Å²) in [4.78, 5) is 12.3. The van der Waals surface area contributed by atoms with E-state index in [1.165, 1.54) is 12.1 Å². The van der Waals surface area contributed by atoms with Gasteiger partial charge in [-0.1, -0.05) is 34.4 Å². The number of aromatic nitrogens is 2. The predicted octanol–water partition coefficient (Wildman–Crippen LogP) is 3.99. The lowest BCUT2D eigenvalue weighted by Gasteiger charge is -2.18. The van der Waals surface area contributed by atoms with Gasteiger partial charge in [0.05, 0.1) is 17.0 Å². The largest absolute Gasteiger partial charge is 0.486 e. The first-order valence-corrected chi connectivity index (χ1v) is 8.81. The molecule has 0 radical (unpaired) electrons. The normalized spacial score (nSPS) is 12.7. The number of nitrogens with one attached hydrogen (secondary N) is 1. The van der Waals surface area contributed by atoms with Crippen LogP contribution in [0.1, 0.15) is 21.8 Å². The van der Waals surface area contributed by atoms with Crippen LogP contribution in [0.15, 0.2) is 40.8 Å². The summed E-state index contributed by atoms with van der Waals surface area (Å²) >= 11 is 11.9. The first-order chi connectivity index (χ1) is 13.1. The van der Waals surface area contributed by atoms with E-state index in [0.717, 1.165) is 5.56 Å². The number of amides is 1. The van der Waals surface area contributed by atoms with Gasteiger partial charge in [0.25, 0.3) is 5.91 Å². The summed E-state index contributed by atoms with van der Waals surface area (Å²) in [6.07, 6.45) is 0.390. The van der Waals surface area contributed by atoms with E-state index in [9.17, 15) is 4.79 Å². The monoisotopic (exact) mass is 405 g/mol. The molecule has 7 nitrogen and oxygen atoms in total. The third-order valence-electron chi connectivity index (χ3n) is 3.83. The van der Waals surface area contributed by atoms with Gasteiger partial charge in [-0.25, -0.2) is 0 Å². The molecular formula is C18H13Cl2N3O4. The van der Waals surface area contributed by atoms with Gasteiger partial charge in [-0.3, -0.25) is 10.1 Å². The van der Waals surface area contributed by atoms with Crippen molar-refractivity contribution in [2.24, 2.45) is 0 Å². The second-order valence-electron chi connectivity index (χ2n) is 5.73. The molecule has 4 rings (SSSR count). The molecule has 0 spiro atoms. The molecule has 9 heteroatoms. The number of halogens is 2. The standard InChI is InChI=1S/C18H13Cl2N3O4/c19-11-2-3-12(13(20)9-11)17(24)21-18-23-22-16(27-18)8-10-1-4-14-15(7-10)26-6-5-25-14/h1-4,7,9H,5-6,8H2,(H,21,23,24). The number of fused-ring (bicyclic) bond motifs is 1. The molecule has 0 fully saturated rings. The number of hydrogen-bond donors (Lipinski definition) is 1. The van der Waals surface area contributed by atoms with E-state index in [1.54, 1.807) is 6.07 Å². The Labute approximate surface area is 164 Å². The molecule has 0 atom stereocenters. The van der Waals surface area contributed by atoms with Crippen molar-refractivity contribution in [1.82, 2.24) is 10.2 Å². The Kier molecular flexibility index (Phi) is 4.87. The molecule has 1 aliphatic rings. The van der Waals surface area contributed by atoms with Crippen LogP contribution in [0.4, 0.5) is 6.01 Å². The fourth-order valence-electron chi connectivity index (χ4n) is 2.59. The van der Waals surface area contributed by atoms with Gasteiger partial charge in [-0.05, 0) is 35.9 Å². The number of rotatable bonds is 4. The number of anilines is 1. The van der Waals surface area contributed by atoms with Crippen LogP contribution in [0, 0.1) is 0 Å². The molecule has 2 aromatic carbocycles. The SMILES string of the molecule is O=C(Nc1nnc(Cc2ccc3c(c2)OCCO3)o1)c1ccc(Cl)cc1Cl. The highest BCUT2D eigenvalue weighted by atomic mass is 35.5. The Hall–Kier alpha value is -2.77. The number of carbonyl (C=O) groups is 1. The van der Waals surface area contributed by atoms with Crippen molar-refractivity contribution < 1.29 is 18.7 Å². The average Bonchev–Trinajstić information content (AvgIpc) is 3.08. The fraction of sp³-hybridized carbons (Fsp3) is 0.167. The maximum atomic E-state index is 12.3. The van der Waals surface area contributed by atoms with Gasteiger partial charge in [0.15, 0.2) is 11.5 Å². The van der Waals surface area contributed by atoms with Gasteiger partial charge in [-0.2, -0.15) is 0 Å². The summed E-state index contributed by atoms with van der Waals surface area (Å²) < 4.78 is 16.5. The van der Waals surface area contributed by atoms with E-state index >= 15 is 0 Å². The van der Waals surface area contributed by atoms with Crippen LogP contribution in [0.5, 0.6) is 11.5 Å². The summed E-state index contributed by atoms with van der Waals surface area (Å²) in [5.41, 5.74) is 1.18. The van der Waals surface area contributed by atoms with Crippen LogP contribution in [0.3, 0.4) is 0 Å². The Morgan fingerprint density at radius 3 is 2.67 bits per heavy atom. The van der Waals surface area contributed by atoms with Crippen LogP contribution in [0.2, 0.25) is 10.0 Å². The first kappa shape index (κ1) is 17.6. The van der Waals surface area contributed by atoms with Crippen LogP contribution in [0.25, 0.3) is 0 Å². The van der Waals surface area contributed by atoms with E-state index in [-0.39, 0.29) is 16.6 Å². The minimum atomic E-state index is -0.466. The average molecular weight is 406 g/mol. The van der Waals surface area contributed by atoms with Gasteiger partial charge in [0, 0.05) is 5.02 Å². The lowest BCUT2D eigenvalue weighted by molar-refractivity contribution is 0.102. The summed E-state index contributed by atoms with van der Waals surface area (Å²) in [7, 11) is 0. The number of carbonyl (C=O) groups excluding carboxylic acids is 1. The van der Waals surface area contributed by atoms with E-state index in [2.05, 4.69) is 15.5 Å². The van der Waals surface area contributed by atoms with E-state index in [4.69, 9.17) is 37.1 Å². The van der Waals surface area contributed by atoms with E-state index < -0.39 is 5.91 Å². The molecule has 1 amide bonds. The third-order valence-corrected chi connectivity index (χ3v) is 4.37. The minimum Gasteiger partial charge on any atom is -0.486 e. The maximum Gasteiger partial charge on any atom is 0.322 e. The Bertz CT molecular complexity index is 1010. The molecule has 1 N–H and O–H groups in total. The lowest BCUT2D eigenvalue weighted by Crippen LogP contribution is -2.15. The van der Waals surface area contributed by atoms with Gasteiger partial charge in [0.1, 0.15) is 13.2 Å². The van der Waals surface area contributed by atoms with Crippen LogP contribution >= 0.6 is 23.2 Å². The summed E-state index contributed by atoms with van der Waals surface area (Å²) in [6, 6.07) is 10.2. The molecule has 0 bridgehead atoms. The Morgan fingerprint density at radius 2 is 1.85 bits per heavy atom. The Morgan fingerprint density at radius 1 is 1.04 bits per heavy atom. The van der Waals surface area contributed by atoms with Gasteiger partial charge in [-0.15, -0.1) is 5.10 Å². The first-order valence-electron chi connectivity index (χ1n) is 8.06. The van der Waals surface area contributed by atoms with Crippen LogP contribution < -0.4 is 14.8 Å². The topological polar surface area (TPSA) is 86.5 Å². The smallest absolute Gasteiger partial charge is 0.322 e. The van der Waals surface area contributed by atoms with Gasteiger partial charge < -0.3 is 13.9 Å². The van der Waals surface area contributed by atoms with Gasteiger partial charge >= 0.3 is 6.01 Å². The van der Waals surface area contributed by atoms with Gasteiger partial charge in [0.2, 0.25) is 5.89 Å². The number of nitrogens with zero attached hydrogens (tertiary/aromatic N) is 2. The molecule has 0 aliphatic carbocycles. The van der Waals surface area contributed by atoms with Crippen molar-refractivity contribution in [3.8, 4) is 11.5 Å².